The Kier molecular flexibility index (Phi) is 9.43. The SMILES string of the molecule is CC(C)OC(=O)OC[C@H]1O[C@@](C#N)(c2ccc3c(N)ncnn23)[C@H](O)[C@@H]1OC(=O)CCCCCCC(=O)O. The maximum atomic E-state index is 12.6. The van der Waals surface area contributed by atoms with E-state index in [9.17, 15) is 24.8 Å². The average Bonchev–Trinajstić information content (AvgIpc) is 3.40. The Morgan fingerprint density at radius 3 is 2.61 bits per heavy atom. The normalized spacial score (nSPS) is 22.8. The largest absolute Gasteiger partial charge is 0.508 e. The molecule has 4 atom stereocenters. The lowest BCUT2D eigenvalue weighted by Gasteiger charge is -2.24. The summed E-state index contributed by atoms with van der Waals surface area (Å²) in [6.07, 6.45) is -2.31. The topological polar surface area (TPSA) is 209 Å². The predicted molar refractivity (Wildman–Crippen MR) is 128 cm³/mol. The maximum Gasteiger partial charge on any atom is 0.508 e. The van der Waals surface area contributed by atoms with Crippen LogP contribution in [-0.2, 0) is 34.1 Å². The number of aliphatic hydroxyl groups excluding tert-OH is 1. The molecule has 38 heavy (non-hydrogen) atoms. The zero-order chi connectivity index (χ0) is 27.9. The molecule has 2 aromatic rings. The molecule has 1 aliphatic rings. The molecule has 0 aliphatic carbocycles. The van der Waals surface area contributed by atoms with Gasteiger partial charge in [0.05, 0.1) is 11.8 Å². The molecule has 0 spiro atoms. The number of aliphatic hydroxyl groups is 1. The minimum atomic E-state index is -2.05. The second-order valence-corrected chi connectivity index (χ2v) is 9.10. The van der Waals surface area contributed by atoms with E-state index in [1.807, 2.05) is 6.07 Å². The van der Waals surface area contributed by atoms with Crippen molar-refractivity contribution in [2.24, 2.45) is 0 Å². The fourth-order valence-electron chi connectivity index (χ4n) is 4.16. The van der Waals surface area contributed by atoms with Crippen molar-refractivity contribution in [1.82, 2.24) is 14.6 Å². The molecule has 0 aromatic carbocycles. The molecule has 3 rings (SSSR count). The fraction of sp³-hybridized carbons (Fsp3) is 0.583. The van der Waals surface area contributed by atoms with Crippen molar-refractivity contribution in [3.63, 3.8) is 0 Å². The predicted octanol–water partition coefficient (Wildman–Crippen LogP) is 1.69. The number of nitrogen functional groups attached to an aromatic ring is 1. The summed E-state index contributed by atoms with van der Waals surface area (Å²) in [4.78, 5) is 39.1. The van der Waals surface area contributed by atoms with Crippen LogP contribution in [0.4, 0.5) is 10.6 Å². The number of aliphatic carboxylic acids is 1. The van der Waals surface area contributed by atoms with Crippen molar-refractivity contribution >= 4 is 29.4 Å². The number of esters is 1. The molecule has 1 fully saturated rings. The summed E-state index contributed by atoms with van der Waals surface area (Å²) in [5.41, 5.74) is 4.32. The Balaban J connectivity index is 1.78. The number of nitrogens with two attached hydrogens (primary N) is 1. The van der Waals surface area contributed by atoms with Gasteiger partial charge in [-0.1, -0.05) is 12.8 Å². The second kappa shape index (κ2) is 12.5. The highest BCUT2D eigenvalue weighted by Gasteiger charge is 2.60. The number of nitriles is 1. The molecule has 0 saturated carbocycles. The van der Waals surface area contributed by atoms with Gasteiger partial charge in [-0.15, -0.1) is 0 Å². The van der Waals surface area contributed by atoms with Gasteiger partial charge in [-0.25, -0.2) is 14.3 Å². The van der Waals surface area contributed by atoms with Gasteiger partial charge in [-0.2, -0.15) is 10.4 Å². The number of nitrogens with zero attached hydrogens (tertiary/aromatic N) is 4. The van der Waals surface area contributed by atoms with Gasteiger partial charge >= 0.3 is 18.1 Å². The number of hydrogen-bond acceptors (Lipinski definition) is 12. The number of ether oxygens (including phenoxy) is 4. The van der Waals surface area contributed by atoms with Gasteiger partial charge in [0, 0.05) is 12.8 Å². The van der Waals surface area contributed by atoms with E-state index in [2.05, 4.69) is 10.1 Å². The molecule has 0 radical (unpaired) electrons. The Hall–Kier alpha value is -3.96. The first-order chi connectivity index (χ1) is 18.1. The number of carboxylic acid groups (broad SMARTS) is 1. The average molecular weight is 534 g/mol. The van der Waals surface area contributed by atoms with Gasteiger partial charge in [-0.3, -0.25) is 9.59 Å². The van der Waals surface area contributed by atoms with Crippen LogP contribution < -0.4 is 5.73 Å². The van der Waals surface area contributed by atoms with Crippen molar-refractivity contribution in [3.05, 3.63) is 24.2 Å². The number of anilines is 1. The van der Waals surface area contributed by atoms with Crippen LogP contribution in [0.1, 0.15) is 58.1 Å². The van der Waals surface area contributed by atoms with Gasteiger partial charge in [0.25, 0.3) is 0 Å². The van der Waals surface area contributed by atoms with E-state index < -0.39 is 54.7 Å². The highest BCUT2D eigenvalue weighted by Crippen LogP contribution is 2.42. The third kappa shape index (κ3) is 6.48. The van der Waals surface area contributed by atoms with Gasteiger partial charge < -0.3 is 34.9 Å². The Morgan fingerprint density at radius 2 is 1.95 bits per heavy atom. The molecule has 0 amide bonds. The Bertz CT molecular complexity index is 1190. The molecule has 0 unspecified atom stereocenters. The van der Waals surface area contributed by atoms with E-state index in [0.717, 1.165) is 0 Å². The molecule has 1 saturated heterocycles. The summed E-state index contributed by atoms with van der Waals surface area (Å²) in [6, 6.07) is 5.00. The van der Waals surface area contributed by atoms with Crippen molar-refractivity contribution in [2.75, 3.05) is 12.3 Å². The van der Waals surface area contributed by atoms with E-state index in [1.54, 1.807) is 19.9 Å². The van der Waals surface area contributed by atoms with Crippen LogP contribution in [0.3, 0.4) is 0 Å². The first-order valence-corrected chi connectivity index (χ1v) is 12.2. The minimum absolute atomic E-state index is 0.00334. The molecule has 0 bridgehead atoms. The number of fused-ring (bicyclic) bond motifs is 1. The van der Waals surface area contributed by atoms with Gasteiger partial charge in [0.2, 0.25) is 5.60 Å². The molecular weight excluding hydrogens is 502 g/mol. The molecule has 1 aliphatic heterocycles. The van der Waals surface area contributed by atoms with Crippen LogP contribution in [0.2, 0.25) is 0 Å². The van der Waals surface area contributed by atoms with E-state index >= 15 is 0 Å². The minimum Gasteiger partial charge on any atom is -0.481 e. The highest BCUT2D eigenvalue weighted by molar-refractivity contribution is 5.70. The third-order valence-corrected chi connectivity index (χ3v) is 5.95. The molecule has 14 nitrogen and oxygen atoms in total. The Morgan fingerprint density at radius 1 is 1.24 bits per heavy atom. The molecule has 3 heterocycles. The first kappa shape index (κ1) is 28.6. The molecule has 2 aromatic heterocycles. The zero-order valence-electron chi connectivity index (χ0n) is 21.1. The first-order valence-electron chi connectivity index (χ1n) is 12.2. The number of carboxylic acids is 1. The van der Waals surface area contributed by atoms with E-state index in [-0.39, 0.29) is 24.4 Å². The monoisotopic (exact) mass is 533 g/mol. The molecule has 4 N–H and O–H groups in total. The fourth-order valence-corrected chi connectivity index (χ4v) is 4.16. The van der Waals surface area contributed by atoms with Gasteiger partial charge in [0.15, 0.2) is 11.9 Å². The van der Waals surface area contributed by atoms with Crippen molar-refractivity contribution in [3.8, 4) is 6.07 Å². The smallest absolute Gasteiger partial charge is 0.481 e. The molecule has 14 heteroatoms. The van der Waals surface area contributed by atoms with E-state index in [0.29, 0.717) is 31.2 Å². The number of unbranched alkanes of at least 4 members (excludes halogenated alkanes) is 3. The van der Waals surface area contributed by atoms with Crippen LogP contribution in [0, 0.1) is 11.3 Å². The van der Waals surface area contributed by atoms with Crippen LogP contribution >= 0.6 is 0 Å². The van der Waals surface area contributed by atoms with Crippen molar-refractivity contribution in [2.45, 2.75) is 82.4 Å². The van der Waals surface area contributed by atoms with Crippen LogP contribution in [-0.4, -0.2) is 73.9 Å². The van der Waals surface area contributed by atoms with Crippen LogP contribution in [0.25, 0.3) is 5.52 Å². The number of carbonyl (C=O) groups is 3. The van der Waals surface area contributed by atoms with Gasteiger partial charge in [0.1, 0.15) is 36.7 Å². The number of rotatable bonds is 12. The van der Waals surface area contributed by atoms with Crippen molar-refractivity contribution < 1.29 is 43.5 Å². The lowest BCUT2D eigenvalue weighted by Crippen LogP contribution is -2.43. The lowest BCUT2D eigenvalue weighted by atomic mass is 9.92. The summed E-state index contributed by atoms with van der Waals surface area (Å²) in [6.45, 7) is 2.80. The van der Waals surface area contributed by atoms with E-state index in [1.165, 1.54) is 16.9 Å². The summed E-state index contributed by atoms with van der Waals surface area (Å²) < 4.78 is 22.8. The van der Waals surface area contributed by atoms with Gasteiger partial charge in [-0.05, 0) is 38.8 Å². The maximum absolute atomic E-state index is 12.6. The van der Waals surface area contributed by atoms with Crippen molar-refractivity contribution in [1.29, 1.82) is 5.26 Å². The number of aromatic nitrogens is 3. The zero-order valence-corrected chi connectivity index (χ0v) is 21.1. The quantitative estimate of drug-likeness (QED) is 0.262. The summed E-state index contributed by atoms with van der Waals surface area (Å²) in [5.74, 6) is -1.41. The van der Waals surface area contributed by atoms with Crippen LogP contribution in [0.5, 0.6) is 0 Å². The van der Waals surface area contributed by atoms with E-state index in [4.69, 9.17) is 29.8 Å². The lowest BCUT2D eigenvalue weighted by molar-refractivity contribution is -0.157. The number of carbonyl (C=O) groups excluding carboxylic acids is 2. The third-order valence-electron chi connectivity index (χ3n) is 5.95. The molecular formula is C24H31N5O9. The summed E-state index contributed by atoms with van der Waals surface area (Å²) in [7, 11) is 0. The highest BCUT2D eigenvalue weighted by atomic mass is 16.7. The van der Waals surface area contributed by atoms with Crippen LogP contribution in [0.15, 0.2) is 18.5 Å². The molecule has 206 valence electrons. The second-order valence-electron chi connectivity index (χ2n) is 9.10. The Labute approximate surface area is 218 Å². The standard InChI is InChI=1S/C24H31N5O9/c1-14(2)36-23(34)35-11-16-20(37-19(32)8-6-4-3-5-7-18(30)31)21(33)24(12-25,38-16)17-10-9-15-22(26)27-13-28-29(15)17/h9-10,13-14,16,20-21,33H,3-8,11H2,1-2H3,(H,30,31)(H2,26,27,28)/t16-,20-,21-,24+/m1/s1. The summed E-state index contributed by atoms with van der Waals surface area (Å²) >= 11 is 0. The summed E-state index contributed by atoms with van der Waals surface area (Å²) in [5, 5.41) is 34.3. The number of hydrogen-bond donors (Lipinski definition) is 3.